The Kier molecular flexibility index (Phi) is 7.33. The molecule has 2 atom stereocenters. The highest BCUT2D eigenvalue weighted by Crippen LogP contribution is 2.12. The lowest BCUT2D eigenvalue weighted by Gasteiger charge is -2.30. The van der Waals surface area contributed by atoms with Crippen molar-refractivity contribution in [1.29, 1.82) is 0 Å². The van der Waals surface area contributed by atoms with E-state index in [-0.39, 0.29) is 0 Å². The first kappa shape index (κ1) is 17.7. The molecule has 2 rings (SSSR count). The monoisotopic (exact) mass is 317 g/mol. The Balaban J connectivity index is 1.81. The van der Waals surface area contributed by atoms with Crippen molar-refractivity contribution < 1.29 is 14.3 Å². The standard InChI is InChI=1S/C19H27NO3/c1-3-16(2)20(12-17-8-5-4-6-9-17)13-18(21)14-22-15-19-10-7-11-23-19/h4-11,16,18,21H,3,12-15H2,1-2H3/t16-,18+/m1/s1. The summed E-state index contributed by atoms with van der Waals surface area (Å²) in [5.41, 5.74) is 1.26. The normalized spacial score (nSPS) is 14.1. The Morgan fingerprint density at radius 1 is 1.17 bits per heavy atom. The van der Waals surface area contributed by atoms with Crippen LogP contribution in [0.4, 0.5) is 0 Å². The van der Waals surface area contributed by atoms with Crippen molar-refractivity contribution in [2.24, 2.45) is 0 Å². The Morgan fingerprint density at radius 2 is 1.96 bits per heavy atom. The van der Waals surface area contributed by atoms with Crippen LogP contribution in [0.2, 0.25) is 0 Å². The van der Waals surface area contributed by atoms with E-state index in [4.69, 9.17) is 9.15 Å². The lowest BCUT2D eigenvalue weighted by molar-refractivity contribution is -0.00271. The molecule has 0 aliphatic carbocycles. The molecular weight excluding hydrogens is 290 g/mol. The Labute approximate surface area is 138 Å². The van der Waals surface area contributed by atoms with Gasteiger partial charge in [0.15, 0.2) is 0 Å². The topological polar surface area (TPSA) is 45.8 Å². The molecule has 23 heavy (non-hydrogen) atoms. The second-order valence-corrected chi connectivity index (χ2v) is 5.92. The first-order valence-electron chi connectivity index (χ1n) is 8.25. The van der Waals surface area contributed by atoms with Crippen molar-refractivity contribution >= 4 is 0 Å². The maximum Gasteiger partial charge on any atom is 0.129 e. The number of aliphatic hydroxyl groups is 1. The maximum absolute atomic E-state index is 10.3. The lowest BCUT2D eigenvalue weighted by Crippen LogP contribution is -2.39. The van der Waals surface area contributed by atoms with E-state index in [0.717, 1.165) is 18.7 Å². The van der Waals surface area contributed by atoms with Crippen molar-refractivity contribution in [3.63, 3.8) is 0 Å². The number of furan rings is 1. The second-order valence-electron chi connectivity index (χ2n) is 5.92. The first-order valence-corrected chi connectivity index (χ1v) is 8.25. The molecule has 0 spiro atoms. The van der Waals surface area contributed by atoms with Crippen molar-refractivity contribution in [3.8, 4) is 0 Å². The smallest absolute Gasteiger partial charge is 0.129 e. The van der Waals surface area contributed by atoms with Gasteiger partial charge in [0.1, 0.15) is 12.4 Å². The average Bonchev–Trinajstić information content (AvgIpc) is 3.08. The molecule has 0 saturated carbocycles. The van der Waals surface area contributed by atoms with E-state index in [2.05, 4.69) is 30.9 Å². The molecule has 1 N–H and O–H groups in total. The third-order valence-corrected chi connectivity index (χ3v) is 4.02. The highest BCUT2D eigenvalue weighted by Gasteiger charge is 2.17. The molecule has 0 saturated heterocycles. The Bertz CT molecular complexity index is 527. The van der Waals surface area contributed by atoms with Crippen molar-refractivity contribution in [2.45, 2.75) is 45.6 Å². The fourth-order valence-electron chi connectivity index (χ4n) is 2.49. The van der Waals surface area contributed by atoms with Crippen LogP contribution >= 0.6 is 0 Å². The van der Waals surface area contributed by atoms with Crippen molar-refractivity contribution in [3.05, 3.63) is 60.1 Å². The van der Waals surface area contributed by atoms with Gasteiger partial charge in [0.2, 0.25) is 0 Å². The number of ether oxygens (including phenoxy) is 1. The van der Waals surface area contributed by atoms with Gasteiger partial charge in [-0.1, -0.05) is 37.3 Å². The van der Waals surface area contributed by atoms with E-state index in [0.29, 0.717) is 25.8 Å². The second kappa shape index (κ2) is 9.50. The zero-order chi connectivity index (χ0) is 16.5. The number of benzene rings is 1. The third kappa shape index (κ3) is 6.18. The molecule has 4 heteroatoms. The molecule has 0 aliphatic heterocycles. The molecule has 0 radical (unpaired) electrons. The summed E-state index contributed by atoms with van der Waals surface area (Å²) >= 11 is 0. The number of rotatable bonds is 10. The molecule has 1 aromatic heterocycles. The summed E-state index contributed by atoms with van der Waals surface area (Å²) in [6.07, 6.45) is 2.16. The average molecular weight is 317 g/mol. The van der Waals surface area contributed by atoms with E-state index in [1.54, 1.807) is 6.26 Å². The van der Waals surface area contributed by atoms with Crippen LogP contribution in [0.1, 0.15) is 31.6 Å². The van der Waals surface area contributed by atoms with Gasteiger partial charge in [-0.2, -0.15) is 0 Å². The molecule has 1 heterocycles. The largest absolute Gasteiger partial charge is 0.467 e. The fraction of sp³-hybridized carbons (Fsp3) is 0.474. The molecule has 1 aromatic carbocycles. The van der Waals surface area contributed by atoms with Gasteiger partial charge >= 0.3 is 0 Å². The maximum atomic E-state index is 10.3. The molecular formula is C19H27NO3. The summed E-state index contributed by atoms with van der Waals surface area (Å²) < 4.78 is 10.7. The van der Waals surface area contributed by atoms with Crippen LogP contribution in [-0.2, 0) is 17.9 Å². The predicted octanol–water partition coefficient (Wildman–Crippen LogP) is 3.46. The van der Waals surface area contributed by atoms with E-state index in [1.807, 2.05) is 30.3 Å². The minimum atomic E-state index is -0.511. The van der Waals surface area contributed by atoms with Crippen LogP contribution in [0.5, 0.6) is 0 Å². The van der Waals surface area contributed by atoms with Gasteiger partial charge < -0.3 is 14.3 Å². The van der Waals surface area contributed by atoms with Gasteiger partial charge in [-0.25, -0.2) is 0 Å². The highest BCUT2D eigenvalue weighted by molar-refractivity contribution is 5.14. The van der Waals surface area contributed by atoms with E-state index in [9.17, 15) is 5.11 Å². The van der Waals surface area contributed by atoms with Gasteiger partial charge in [-0.15, -0.1) is 0 Å². The van der Waals surface area contributed by atoms with Gasteiger partial charge in [0, 0.05) is 19.1 Å². The number of hydrogen-bond acceptors (Lipinski definition) is 4. The first-order chi connectivity index (χ1) is 11.2. The molecule has 126 valence electrons. The fourth-order valence-corrected chi connectivity index (χ4v) is 2.49. The Hall–Kier alpha value is -1.62. The number of hydrogen-bond donors (Lipinski definition) is 1. The van der Waals surface area contributed by atoms with Gasteiger partial charge in [-0.05, 0) is 31.0 Å². The minimum absolute atomic E-state index is 0.308. The molecule has 2 aromatic rings. The van der Waals surface area contributed by atoms with E-state index >= 15 is 0 Å². The summed E-state index contributed by atoms with van der Waals surface area (Å²) in [6.45, 7) is 6.50. The number of nitrogens with zero attached hydrogens (tertiary/aromatic N) is 1. The highest BCUT2D eigenvalue weighted by atomic mass is 16.5. The van der Waals surface area contributed by atoms with Crippen LogP contribution in [-0.4, -0.2) is 35.3 Å². The van der Waals surface area contributed by atoms with Crippen molar-refractivity contribution in [1.82, 2.24) is 4.90 Å². The van der Waals surface area contributed by atoms with Crippen LogP contribution in [0.25, 0.3) is 0 Å². The Morgan fingerprint density at radius 3 is 2.61 bits per heavy atom. The van der Waals surface area contributed by atoms with Crippen LogP contribution in [0.15, 0.2) is 53.1 Å². The van der Waals surface area contributed by atoms with Gasteiger partial charge in [0.25, 0.3) is 0 Å². The third-order valence-electron chi connectivity index (χ3n) is 4.02. The summed E-state index contributed by atoms with van der Waals surface area (Å²) in [5, 5.41) is 10.3. The molecule has 0 bridgehead atoms. The van der Waals surface area contributed by atoms with Gasteiger partial charge in [-0.3, -0.25) is 4.90 Å². The zero-order valence-electron chi connectivity index (χ0n) is 14.0. The summed E-state index contributed by atoms with van der Waals surface area (Å²) in [6, 6.07) is 14.5. The molecule has 4 nitrogen and oxygen atoms in total. The molecule has 0 unspecified atom stereocenters. The van der Waals surface area contributed by atoms with Gasteiger partial charge in [0.05, 0.1) is 19.0 Å². The zero-order valence-corrected chi connectivity index (χ0v) is 14.0. The quantitative estimate of drug-likeness (QED) is 0.729. The molecule has 0 amide bonds. The lowest BCUT2D eigenvalue weighted by atomic mass is 10.1. The minimum Gasteiger partial charge on any atom is -0.467 e. The number of aliphatic hydroxyl groups excluding tert-OH is 1. The predicted molar refractivity (Wildman–Crippen MR) is 91.0 cm³/mol. The molecule has 0 fully saturated rings. The summed E-state index contributed by atoms with van der Waals surface area (Å²) in [5.74, 6) is 0.778. The van der Waals surface area contributed by atoms with Crippen LogP contribution < -0.4 is 0 Å². The van der Waals surface area contributed by atoms with E-state index < -0.39 is 6.10 Å². The van der Waals surface area contributed by atoms with E-state index in [1.165, 1.54) is 5.56 Å². The van der Waals surface area contributed by atoms with Crippen LogP contribution in [0.3, 0.4) is 0 Å². The van der Waals surface area contributed by atoms with Crippen molar-refractivity contribution in [2.75, 3.05) is 13.2 Å². The molecule has 0 aliphatic rings. The summed E-state index contributed by atoms with van der Waals surface area (Å²) in [7, 11) is 0. The SMILES string of the molecule is CC[C@@H](C)N(Cc1ccccc1)C[C@H](O)COCc1ccco1. The summed E-state index contributed by atoms with van der Waals surface area (Å²) in [4.78, 5) is 2.30. The van der Waals surface area contributed by atoms with Crippen LogP contribution in [0, 0.1) is 0 Å².